The number of methoxy groups -OCH3 is 1. The first-order chi connectivity index (χ1) is 11.5. The Bertz CT molecular complexity index is 788. The lowest BCUT2D eigenvalue weighted by Crippen LogP contribution is -2.75. The molecule has 0 amide bonds. The van der Waals surface area contributed by atoms with E-state index in [1.165, 1.54) is 5.56 Å². The number of hydrogen-bond donors (Lipinski definition) is 1. The third-order valence-corrected chi connectivity index (χ3v) is 6.74. The molecule has 4 atom stereocenters. The fourth-order valence-corrected chi connectivity index (χ4v) is 5.60. The maximum absolute atomic E-state index is 12.7. The fourth-order valence-electron chi connectivity index (χ4n) is 5.60. The van der Waals surface area contributed by atoms with Gasteiger partial charge >= 0.3 is 0 Å². The lowest BCUT2D eigenvalue weighted by Gasteiger charge is -2.64. The van der Waals surface area contributed by atoms with Crippen LogP contribution in [0.1, 0.15) is 17.5 Å². The summed E-state index contributed by atoms with van der Waals surface area (Å²) in [5.41, 5.74) is 0.518. The number of allylic oxidation sites excluding steroid dienone is 1. The molecule has 1 saturated heterocycles. The van der Waals surface area contributed by atoms with Crippen LogP contribution in [0, 0.1) is 5.92 Å². The van der Waals surface area contributed by atoms with Crippen molar-refractivity contribution in [3.05, 3.63) is 35.4 Å². The van der Waals surface area contributed by atoms with Crippen LogP contribution in [0.5, 0.6) is 11.5 Å². The zero-order valence-electron chi connectivity index (χ0n) is 13.9. The summed E-state index contributed by atoms with van der Waals surface area (Å²) >= 11 is 0. The highest BCUT2D eigenvalue weighted by Gasteiger charge is 2.69. The van der Waals surface area contributed by atoms with E-state index in [2.05, 4.69) is 18.0 Å². The molecule has 5 nitrogen and oxygen atoms in total. The first kappa shape index (κ1) is 14.5. The van der Waals surface area contributed by atoms with Gasteiger partial charge in [-0.15, -0.1) is 0 Å². The fraction of sp³-hybridized carbons (Fsp3) is 0.526. The number of likely N-dealkylation sites (N-methyl/N-ethyl adjacent to an activating group) is 1. The molecule has 2 unspecified atom stereocenters. The number of carbonyl (C=O) groups is 1. The molecule has 2 bridgehead atoms. The smallest absolute Gasteiger partial charge is 0.165 e. The first-order valence-electron chi connectivity index (χ1n) is 8.52. The molecule has 2 aliphatic carbocycles. The average Bonchev–Trinajstić information content (AvgIpc) is 2.58. The van der Waals surface area contributed by atoms with Crippen LogP contribution >= 0.6 is 0 Å². The Kier molecular flexibility index (Phi) is 2.66. The maximum atomic E-state index is 12.7. The molecule has 126 valence electrons. The minimum absolute atomic E-state index is 0.0232. The number of ketones is 1. The molecule has 24 heavy (non-hydrogen) atoms. The second-order valence-electron chi connectivity index (χ2n) is 7.48. The van der Waals surface area contributed by atoms with Crippen molar-refractivity contribution in [1.82, 2.24) is 4.90 Å². The van der Waals surface area contributed by atoms with Gasteiger partial charge in [-0.3, -0.25) is 9.69 Å². The molecule has 1 fully saturated rings. The van der Waals surface area contributed by atoms with Gasteiger partial charge in [-0.05, 0) is 50.2 Å². The molecule has 1 aromatic carbocycles. The van der Waals surface area contributed by atoms with Gasteiger partial charge in [0.05, 0.1) is 19.6 Å². The lowest BCUT2D eigenvalue weighted by atomic mass is 9.47. The largest absolute Gasteiger partial charge is 0.493 e. The third kappa shape index (κ3) is 1.38. The minimum Gasteiger partial charge on any atom is -0.493 e. The lowest BCUT2D eigenvalue weighted by molar-refractivity contribution is -0.158. The molecular weight excluding hydrogens is 306 g/mol. The first-order valence-corrected chi connectivity index (χ1v) is 8.52. The quantitative estimate of drug-likeness (QED) is 0.836. The molecule has 5 rings (SSSR count). The number of likely N-dealkylation sites (tertiary alicyclic amines) is 1. The zero-order chi connectivity index (χ0) is 16.7. The Morgan fingerprint density at radius 2 is 2.25 bits per heavy atom. The van der Waals surface area contributed by atoms with Gasteiger partial charge in [0.25, 0.3) is 0 Å². The van der Waals surface area contributed by atoms with Crippen molar-refractivity contribution < 1.29 is 19.4 Å². The standard InChI is InChI=1S/C19H21NO4/c1-20-8-7-18-12-10-24-17-14(23-2)4-3-11(16(17)18)9-15(20)19(18,22)6-5-13(12)21/h3-6,12,15,22H,7-10H2,1-2H3/t12-,15?,18?,19+/m0/s1. The summed E-state index contributed by atoms with van der Waals surface area (Å²) in [5, 5.41) is 11.8. The van der Waals surface area contributed by atoms with Gasteiger partial charge in [-0.25, -0.2) is 0 Å². The highest BCUT2D eigenvalue weighted by atomic mass is 16.5. The Hall–Kier alpha value is -1.85. The monoisotopic (exact) mass is 327 g/mol. The van der Waals surface area contributed by atoms with Crippen LogP contribution in [0.25, 0.3) is 0 Å². The second-order valence-corrected chi connectivity index (χ2v) is 7.48. The van der Waals surface area contributed by atoms with Gasteiger partial charge in [-0.2, -0.15) is 0 Å². The van der Waals surface area contributed by atoms with E-state index in [0.29, 0.717) is 12.4 Å². The number of nitrogens with zero attached hydrogens (tertiary/aromatic N) is 1. The number of piperidine rings is 1. The molecule has 1 N–H and O–H groups in total. The summed E-state index contributed by atoms with van der Waals surface area (Å²) in [6.45, 7) is 1.16. The van der Waals surface area contributed by atoms with Crippen LogP contribution in [0.2, 0.25) is 0 Å². The van der Waals surface area contributed by atoms with Crippen LogP contribution in [0.4, 0.5) is 0 Å². The van der Waals surface area contributed by atoms with Gasteiger partial charge in [0.2, 0.25) is 0 Å². The Labute approximate surface area is 140 Å². The van der Waals surface area contributed by atoms with Crippen molar-refractivity contribution in [2.45, 2.75) is 29.9 Å². The van der Waals surface area contributed by atoms with E-state index in [0.717, 1.165) is 30.7 Å². The summed E-state index contributed by atoms with van der Waals surface area (Å²) < 4.78 is 11.5. The Morgan fingerprint density at radius 3 is 3.04 bits per heavy atom. The van der Waals surface area contributed by atoms with E-state index in [4.69, 9.17) is 9.47 Å². The van der Waals surface area contributed by atoms with Crippen molar-refractivity contribution in [3.63, 3.8) is 0 Å². The van der Waals surface area contributed by atoms with Crippen LogP contribution in [-0.4, -0.2) is 54.7 Å². The van der Waals surface area contributed by atoms with E-state index in [-0.39, 0.29) is 17.7 Å². The normalized spacial score (nSPS) is 39.2. The topological polar surface area (TPSA) is 59.0 Å². The van der Waals surface area contributed by atoms with Gasteiger partial charge in [0.15, 0.2) is 17.3 Å². The molecular formula is C19H21NO4. The molecule has 5 heteroatoms. The van der Waals surface area contributed by atoms with Gasteiger partial charge in [-0.1, -0.05) is 6.07 Å². The van der Waals surface area contributed by atoms with Crippen molar-refractivity contribution in [2.75, 3.05) is 27.3 Å². The van der Waals surface area contributed by atoms with Crippen molar-refractivity contribution in [1.29, 1.82) is 0 Å². The van der Waals surface area contributed by atoms with Gasteiger partial charge < -0.3 is 14.6 Å². The van der Waals surface area contributed by atoms with E-state index < -0.39 is 11.0 Å². The molecule has 0 aromatic heterocycles. The van der Waals surface area contributed by atoms with Gasteiger partial charge in [0.1, 0.15) is 5.60 Å². The van der Waals surface area contributed by atoms with Crippen molar-refractivity contribution >= 4 is 5.78 Å². The van der Waals surface area contributed by atoms with Crippen LogP contribution in [0.15, 0.2) is 24.3 Å². The van der Waals surface area contributed by atoms with Crippen molar-refractivity contribution in [3.8, 4) is 11.5 Å². The number of benzene rings is 1. The number of aliphatic hydroxyl groups is 1. The van der Waals surface area contributed by atoms with Crippen LogP contribution in [0.3, 0.4) is 0 Å². The van der Waals surface area contributed by atoms with E-state index in [1.807, 2.05) is 6.07 Å². The van der Waals surface area contributed by atoms with E-state index >= 15 is 0 Å². The summed E-state index contributed by atoms with van der Waals surface area (Å²) in [6, 6.07) is 3.98. The number of carbonyl (C=O) groups excluding carboxylic acids is 1. The Morgan fingerprint density at radius 1 is 1.42 bits per heavy atom. The molecule has 2 heterocycles. The predicted octanol–water partition coefficient (Wildman–Crippen LogP) is 1.07. The summed E-state index contributed by atoms with van der Waals surface area (Å²) in [6.07, 6.45) is 4.81. The summed E-state index contributed by atoms with van der Waals surface area (Å²) in [4.78, 5) is 14.9. The zero-order valence-corrected chi connectivity index (χ0v) is 13.9. The molecule has 1 spiro atoms. The maximum Gasteiger partial charge on any atom is 0.165 e. The Balaban J connectivity index is 1.89. The van der Waals surface area contributed by atoms with Crippen LogP contribution in [-0.2, 0) is 16.6 Å². The highest BCUT2D eigenvalue weighted by Crippen LogP contribution is 2.62. The second kappa shape index (κ2) is 4.41. The SMILES string of the molecule is COc1ccc2c3c1OC[C@H]1C(=O)C=C[C@@]4(O)C(C2)N(C)CCC314. The summed E-state index contributed by atoms with van der Waals surface area (Å²) in [5.74, 6) is 1.13. The molecule has 0 saturated carbocycles. The average molecular weight is 327 g/mol. The van der Waals surface area contributed by atoms with Crippen LogP contribution < -0.4 is 9.47 Å². The molecule has 1 aromatic rings. The van der Waals surface area contributed by atoms with E-state index in [1.54, 1.807) is 19.3 Å². The molecule has 0 radical (unpaired) electrons. The van der Waals surface area contributed by atoms with E-state index in [9.17, 15) is 9.90 Å². The number of rotatable bonds is 1. The third-order valence-electron chi connectivity index (χ3n) is 6.74. The number of ether oxygens (including phenoxy) is 2. The highest BCUT2D eigenvalue weighted by molar-refractivity contribution is 5.96. The predicted molar refractivity (Wildman–Crippen MR) is 87.5 cm³/mol. The van der Waals surface area contributed by atoms with Crippen molar-refractivity contribution in [2.24, 2.45) is 5.92 Å². The minimum atomic E-state index is -1.05. The van der Waals surface area contributed by atoms with Gasteiger partial charge in [0, 0.05) is 17.0 Å². The number of hydrogen-bond acceptors (Lipinski definition) is 5. The summed E-state index contributed by atoms with van der Waals surface area (Å²) in [7, 11) is 3.69. The molecule has 4 aliphatic rings. The molecule has 2 aliphatic heterocycles.